The number of hydrogen-bond acceptors (Lipinski definition) is 5. The quantitative estimate of drug-likeness (QED) is 0.900. The van der Waals surface area contributed by atoms with Crippen LogP contribution in [0, 0.1) is 12.8 Å². The Bertz CT molecular complexity index is 565. The van der Waals surface area contributed by atoms with Gasteiger partial charge in [0.25, 0.3) is 5.91 Å². The fraction of sp³-hybridized carbons (Fsp3) is 0.824. The molecule has 2 aliphatic heterocycles. The first-order valence-electron chi connectivity index (χ1n) is 9.09. The van der Waals surface area contributed by atoms with Gasteiger partial charge in [0, 0.05) is 6.54 Å². The second kappa shape index (κ2) is 7.61. The van der Waals surface area contributed by atoms with E-state index in [1.54, 1.807) is 0 Å². The van der Waals surface area contributed by atoms with Gasteiger partial charge in [0.1, 0.15) is 0 Å². The highest BCUT2D eigenvalue weighted by atomic mass is 16.5. The second-order valence-corrected chi connectivity index (χ2v) is 7.31. The number of carbonyl (C=O) groups is 1. The van der Waals surface area contributed by atoms with E-state index in [4.69, 9.17) is 4.74 Å². The maximum atomic E-state index is 13.1. The predicted octanol–water partition coefficient (Wildman–Crippen LogP) is 1.40. The minimum absolute atomic E-state index is 0.00151. The summed E-state index contributed by atoms with van der Waals surface area (Å²) >= 11 is 0. The van der Waals surface area contributed by atoms with Crippen LogP contribution in [0.5, 0.6) is 0 Å². The Hall–Kier alpha value is -1.47. The maximum absolute atomic E-state index is 13.1. The lowest BCUT2D eigenvalue weighted by molar-refractivity contribution is -0.00781. The first kappa shape index (κ1) is 17.4. The van der Waals surface area contributed by atoms with Gasteiger partial charge in [0.05, 0.1) is 31.0 Å². The van der Waals surface area contributed by atoms with Gasteiger partial charge in [-0.25, -0.2) is 4.68 Å². The van der Waals surface area contributed by atoms with Crippen molar-refractivity contribution >= 4 is 5.91 Å². The number of piperidine rings is 1. The number of amides is 1. The first-order chi connectivity index (χ1) is 11.6. The predicted molar refractivity (Wildman–Crippen MR) is 91.0 cm³/mol. The fourth-order valence-electron chi connectivity index (χ4n) is 3.73. The Kier molecular flexibility index (Phi) is 5.50. The molecule has 1 amide bonds. The van der Waals surface area contributed by atoms with Crippen LogP contribution in [-0.4, -0.2) is 64.7 Å². The highest BCUT2D eigenvalue weighted by Gasteiger charge is 2.32. The van der Waals surface area contributed by atoms with Crippen LogP contribution < -0.4 is 5.32 Å². The van der Waals surface area contributed by atoms with Crippen LogP contribution in [0.4, 0.5) is 0 Å². The van der Waals surface area contributed by atoms with Crippen molar-refractivity contribution < 1.29 is 9.53 Å². The number of nitrogens with one attached hydrogen (secondary N) is 1. The van der Waals surface area contributed by atoms with Gasteiger partial charge in [0.15, 0.2) is 5.69 Å². The lowest BCUT2D eigenvalue weighted by Crippen LogP contribution is -2.49. The molecule has 2 fully saturated rings. The topological polar surface area (TPSA) is 72.3 Å². The summed E-state index contributed by atoms with van der Waals surface area (Å²) in [6, 6.07) is 0.478. The third kappa shape index (κ3) is 3.62. The molecule has 0 aliphatic carbocycles. The van der Waals surface area contributed by atoms with Crippen molar-refractivity contribution in [2.45, 2.75) is 52.1 Å². The van der Waals surface area contributed by atoms with Crippen molar-refractivity contribution in [1.82, 2.24) is 25.2 Å². The molecule has 1 aromatic heterocycles. The summed E-state index contributed by atoms with van der Waals surface area (Å²) < 4.78 is 7.54. The average molecular weight is 335 g/mol. The summed E-state index contributed by atoms with van der Waals surface area (Å²) in [5.41, 5.74) is 1.39. The third-order valence-corrected chi connectivity index (χ3v) is 5.02. The van der Waals surface area contributed by atoms with Gasteiger partial charge in [-0.1, -0.05) is 19.1 Å². The maximum Gasteiger partial charge on any atom is 0.276 e. The number of morpholine rings is 1. The Labute approximate surface area is 143 Å². The van der Waals surface area contributed by atoms with Gasteiger partial charge in [-0.05, 0) is 45.2 Å². The second-order valence-electron chi connectivity index (χ2n) is 7.31. The lowest BCUT2D eigenvalue weighted by atomic mass is 10.0. The van der Waals surface area contributed by atoms with Crippen LogP contribution in [0.2, 0.25) is 0 Å². The van der Waals surface area contributed by atoms with Gasteiger partial charge < -0.3 is 15.0 Å². The van der Waals surface area contributed by atoms with Crippen LogP contribution in [-0.2, 0) is 4.74 Å². The number of ether oxygens (including phenoxy) is 1. The number of nitrogens with zero attached hydrogens (tertiary/aromatic N) is 4. The van der Waals surface area contributed by atoms with E-state index in [2.05, 4.69) is 29.5 Å². The summed E-state index contributed by atoms with van der Waals surface area (Å²) in [6.07, 6.45) is 3.02. The van der Waals surface area contributed by atoms with E-state index in [1.807, 2.05) is 16.5 Å². The first-order valence-corrected chi connectivity index (χ1v) is 9.09. The van der Waals surface area contributed by atoms with Crippen molar-refractivity contribution in [3.63, 3.8) is 0 Å². The molecule has 0 bridgehead atoms. The molecular weight excluding hydrogens is 306 g/mol. The van der Waals surface area contributed by atoms with Crippen molar-refractivity contribution in [2.24, 2.45) is 5.92 Å². The van der Waals surface area contributed by atoms with Gasteiger partial charge >= 0.3 is 0 Å². The normalized spacial score (nSPS) is 23.0. The van der Waals surface area contributed by atoms with E-state index in [-0.39, 0.29) is 11.9 Å². The Morgan fingerprint density at radius 3 is 2.83 bits per heavy atom. The fourth-order valence-corrected chi connectivity index (χ4v) is 3.73. The smallest absolute Gasteiger partial charge is 0.276 e. The SMILES string of the molecule is Cc1c(C(=O)N2CCOCC2CC(C)C)nnn1C1CCNCC1. The van der Waals surface area contributed by atoms with Crippen molar-refractivity contribution in [2.75, 3.05) is 32.8 Å². The summed E-state index contributed by atoms with van der Waals surface area (Å²) in [5, 5.41) is 11.9. The zero-order valence-electron chi connectivity index (χ0n) is 15.0. The molecule has 7 nitrogen and oxygen atoms in total. The molecule has 0 radical (unpaired) electrons. The number of aromatic nitrogens is 3. The van der Waals surface area contributed by atoms with Crippen molar-refractivity contribution in [1.29, 1.82) is 0 Å². The molecule has 0 spiro atoms. The molecule has 1 aromatic rings. The van der Waals surface area contributed by atoms with Gasteiger partial charge in [0.2, 0.25) is 0 Å². The van der Waals surface area contributed by atoms with Gasteiger partial charge in [-0.15, -0.1) is 5.10 Å². The zero-order chi connectivity index (χ0) is 17.1. The zero-order valence-corrected chi connectivity index (χ0v) is 15.0. The molecule has 2 saturated heterocycles. The molecule has 134 valence electrons. The van der Waals surface area contributed by atoms with E-state index >= 15 is 0 Å². The highest BCUT2D eigenvalue weighted by molar-refractivity contribution is 5.93. The van der Waals surface area contributed by atoms with Gasteiger partial charge in [-0.2, -0.15) is 0 Å². The van der Waals surface area contributed by atoms with Crippen LogP contribution >= 0.6 is 0 Å². The van der Waals surface area contributed by atoms with Crippen molar-refractivity contribution in [3.8, 4) is 0 Å². The standard InChI is InChI=1S/C17H29N5O2/c1-12(2)10-15-11-24-9-8-21(15)17(23)16-13(3)22(20-19-16)14-4-6-18-7-5-14/h12,14-15,18H,4-11H2,1-3H3. The van der Waals surface area contributed by atoms with Gasteiger partial charge in [-0.3, -0.25) is 4.79 Å². The number of hydrogen-bond donors (Lipinski definition) is 1. The Morgan fingerprint density at radius 1 is 1.38 bits per heavy atom. The van der Waals surface area contributed by atoms with E-state index in [0.717, 1.165) is 38.0 Å². The average Bonchev–Trinajstić information content (AvgIpc) is 2.96. The van der Waals surface area contributed by atoms with Crippen molar-refractivity contribution in [3.05, 3.63) is 11.4 Å². The Morgan fingerprint density at radius 2 is 2.12 bits per heavy atom. The molecule has 24 heavy (non-hydrogen) atoms. The molecule has 1 atom stereocenters. The largest absolute Gasteiger partial charge is 0.377 e. The minimum atomic E-state index is 0.00151. The van der Waals surface area contributed by atoms with Crippen LogP contribution in [0.1, 0.15) is 55.3 Å². The molecule has 1 unspecified atom stereocenters. The molecule has 0 aromatic carbocycles. The lowest BCUT2D eigenvalue weighted by Gasteiger charge is -2.36. The molecule has 7 heteroatoms. The molecule has 2 aliphatic rings. The van der Waals surface area contributed by atoms with Crippen LogP contribution in [0.3, 0.4) is 0 Å². The summed E-state index contributed by atoms with van der Waals surface area (Å²) in [4.78, 5) is 15.0. The monoisotopic (exact) mass is 335 g/mol. The highest BCUT2D eigenvalue weighted by Crippen LogP contribution is 2.23. The molecular formula is C17H29N5O2. The summed E-state index contributed by atoms with van der Waals surface area (Å²) in [5.74, 6) is 0.528. The van der Waals surface area contributed by atoms with Crippen LogP contribution in [0.25, 0.3) is 0 Å². The van der Waals surface area contributed by atoms with E-state index in [1.165, 1.54) is 0 Å². The summed E-state index contributed by atoms with van der Waals surface area (Å²) in [6.45, 7) is 10.2. The number of carbonyl (C=O) groups excluding carboxylic acids is 1. The summed E-state index contributed by atoms with van der Waals surface area (Å²) in [7, 11) is 0. The van der Waals surface area contributed by atoms with Crippen LogP contribution in [0.15, 0.2) is 0 Å². The van der Waals surface area contributed by atoms with E-state index in [9.17, 15) is 4.79 Å². The van der Waals surface area contributed by atoms with E-state index in [0.29, 0.717) is 37.4 Å². The molecule has 3 heterocycles. The Balaban J connectivity index is 1.77. The minimum Gasteiger partial charge on any atom is -0.377 e. The van der Waals surface area contributed by atoms with E-state index < -0.39 is 0 Å². The number of rotatable bonds is 4. The molecule has 0 saturated carbocycles. The third-order valence-electron chi connectivity index (χ3n) is 5.02. The molecule has 3 rings (SSSR count). The molecule has 1 N–H and O–H groups in total.